The van der Waals surface area contributed by atoms with E-state index >= 15 is 8.78 Å². The van der Waals surface area contributed by atoms with E-state index in [4.69, 9.17) is 77.3 Å². The molecule has 3 fully saturated rings. The Hall–Kier alpha value is -9.76. The third-order valence-corrected chi connectivity index (χ3v) is 23.2. The zero-order valence-electron chi connectivity index (χ0n) is 69.9. The van der Waals surface area contributed by atoms with Gasteiger partial charge in [0.15, 0.2) is 47.1 Å². The maximum Gasteiger partial charge on any atom is 0.409 e. The molecule has 688 valence electrons. The molecule has 9 N–H and O–H groups in total. The molecule has 8 amide bonds. The molecule has 0 spiro atoms. The number of H-pyrrole nitrogens is 1. The summed E-state index contributed by atoms with van der Waals surface area (Å²) in [5, 5.41) is 26.9. The normalized spacial score (nSPS) is 21.6. The lowest BCUT2D eigenvalue weighted by atomic mass is 10.0. The van der Waals surface area contributed by atoms with Crippen molar-refractivity contribution in [2.24, 2.45) is 5.92 Å². The summed E-state index contributed by atoms with van der Waals surface area (Å²) < 4.78 is 126. The fraction of sp³-hybridized carbons (Fsp3) is 0.512. The Bertz CT molecular complexity index is 5190. The minimum absolute atomic E-state index is 0.0210. The van der Waals surface area contributed by atoms with E-state index in [1.54, 1.807) is 68.3 Å². The van der Waals surface area contributed by atoms with Gasteiger partial charge in [0.05, 0.1) is 130 Å². The maximum atomic E-state index is 16.8. The number of carbonyl (C=O) groups is 8. The number of hydrogen-bond acceptors (Lipinski definition) is 30. The van der Waals surface area contributed by atoms with Gasteiger partial charge in [-0.2, -0.15) is 0 Å². The van der Waals surface area contributed by atoms with Gasteiger partial charge in [-0.3, -0.25) is 56.5 Å². The summed E-state index contributed by atoms with van der Waals surface area (Å²) in [6.07, 6.45) is -11.7. The summed E-state index contributed by atoms with van der Waals surface area (Å²) in [5.74, 6) is 0.0698. The number of benzene rings is 3. The zero-order valence-corrected chi connectivity index (χ0v) is 73.4. The third-order valence-electron chi connectivity index (χ3n) is 20.1. The van der Waals surface area contributed by atoms with E-state index in [1.165, 1.54) is 18.9 Å². The fourth-order valence-corrected chi connectivity index (χ4v) is 16.4. The van der Waals surface area contributed by atoms with Crippen molar-refractivity contribution in [1.29, 1.82) is 0 Å². The molecular formula is C80H101F2N15O26P2S2. The number of aliphatic hydroxyl groups excluding tert-OH is 1. The van der Waals surface area contributed by atoms with E-state index in [9.17, 15) is 57.7 Å². The number of amides is 8. The van der Waals surface area contributed by atoms with Crippen molar-refractivity contribution in [3.8, 4) is 11.8 Å². The predicted octanol–water partition coefficient (Wildman–Crippen LogP) is 4.30. The summed E-state index contributed by atoms with van der Waals surface area (Å²) in [6.45, 7) is -1.36. The van der Waals surface area contributed by atoms with Crippen molar-refractivity contribution < 1.29 is 127 Å². The first-order valence-corrected chi connectivity index (χ1v) is 45.9. The van der Waals surface area contributed by atoms with Crippen molar-refractivity contribution in [2.75, 3.05) is 142 Å². The molecule has 3 saturated heterocycles. The summed E-state index contributed by atoms with van der Waals surface area (Å²) in [4.78, 5) is 155. The number of aliphatic hydroxyl groups is 1. The number of aromatic nitrogens is 7. The minimum atomic E-state index is -4.63. The van der Waals surface area contributed by atoms with Crippen LogP contribution >= 0.6 is 25.8 Å². The van der Waals surface area contributed by atoms with Crippen LogP contribution in [-0.4, -0.2) is 278 Å². The molecule has 4 aliphatic rings. The van der Waals surface area contributed by atoms with Crippen LogP contribution in [0.4, 0.5) is 30.8 Å². The Balaban J connectivity index is 0.604. The molecule has 4 aromatic heterocycles. The van der Waals surface area contributed by atoms with Crippen LogP contribution < -0.4 is 42.4 Å². The number of imidazole rings is 1. The van der Waals surface area contributed by atoms with Crippen molar-refractivity contribution in [2.45, 2.75) is 133 Å². The van der Waals surface area contributed by atoms with E-state index < -0.39 is 171 Å². The van der Waals surface area contributed by atoms with Gasteiger partial charge >= 0.3 is 19.6 Å². The van der Waals surface area contributed by atoms with Crippen LogP contribution in [0, 0.1) is 23.6 Å². The SMILES string of the molecule is COCCOCCOCCOCCOCCOCCOCCNC(=O)[C@H](CC(=O)N[C@H](C(=O)N[C@@H](C)C(=O)Nc1ccc(COC(=O)N(C)CCCC(=O)Nc2ncnc3c2ncn3[C@@H]2O[C@@H]3COP(O)(=S)O[C@@H]4[C@H](O)[C@@H](COP(=O)(S)O[C@H]3[C@H]2F)O[C@H]4n2cc(F)c3c(=O)[nH]cnc32)cc1)C(C)C)NC(=O)CCC(=O)N1Cc2ccccc2C#Cc2ccccc21. The number of aromatic amines is 1. The van der Waals surface area contributed by atoms with E-state index in [2.05, 4.69) is 80.9 Å². The second-order valence-corrected chi connectivity index (χ2v) is 35.3. The topological polar surface area (TPSA) is 496 Å². The van der Waals surface area contributed by atoms with Gasteiger partial charge in [0.1, 0.15) is 67.0 Å². The van der Waals surface area contributed by atoms with Crippen molar-refractivity contribution in [3.05, 3.63) is 136 Å². The van der Waals surface area contributed by atoms with Crippen LogP contribution in [0.2, 0.25) is 0 Å². The smallest absolute Gasteiger partial charge is 0.409 e. The highest BCUT2D eigenvalue weighted by Gasteiger charge is 2.54. The van der Waals surface area contributed by atoms with E-state index in [0.29, 0.717) is 88.6 Å². The minimum Gasteiger partial charge on any atom is -0.445 e. The fourth-order valence-electron chi connectivity index (χ4n) is 13.5. The predicted molar refractivity (Wildman–Crippen MR) is 455 cm³/mol. The Labute approximate surface area is 737 Å². The third kappa shape index (κ3) is 27.9. The second-order valence-electron chi connectivity index (χ2n) is 29.6. The van der Waals surface area contributed by atoms with Crippen molar-refractivity contribution in [3.63, 3.8) is 0 Å². The van der Waals surface area contributed by atoms with Crippen molar-refractivity contribution >= 4 is 124 Å². The van der Waals surface area contributed by atoms with Crippen LogP contribution in [0.15, 0.2) is 103 Å². The number of para-hydroxylation sites is 1. The molecule has 47 heteroatoms. The largest absolute Gasteiger partial charge is 0.445 e. The summed E-state index contributed by atoms with van der Waals surface area (Å²) >= 11 is 9.36. The Kier molecular flexibility index (Phi) is 36.6. The molecule has 3 aromatic carbocycles. The Morgan fingerprint density at radius 1 is 0.709 bits per heavy atom. The molecule has 41 nitrogen and oxygen atoms in total. The first-order chi connectivity index (χ1) is 61.0. The number of hydrogen-bond donors (Lipinski definition) is 10. The van der Waals surface area contributed by atoms with Crippen LogP contribution in [0.1, 0.15) is 87.6 Å². The molecule has 4 aliphatic heterocycles. The first-order valence-electron chi connectivity index (χ1n) is 40.6. The molecule has 7 aromatic rings. The summed E-state index contributed by atoms with van der Waals surface area (Å²) in [7, 11) is 3.07. The van der Waals surface area contributed by atoms with Gasteiger partial charge in [0.2, 0.25) is 41.4 Å². The Morgan fingerprint density at radius 2 is 1.35 bits per heavy atom. The number of alkyl halides is 1. The average molecular weight is 1850 g/mol. The van der Waals surface area contributed by atoms with Crippen LogP contribution in [0.5, 0.6) is 0 Å². The molecular weight excluding hydrogens is 1750 g/mol. The number of fused-ring (bicyclic) bond motifs is 7. The van der Waals surface area contributed by atoms with Gasteiger partial charge in [0, 0.05) is 69.5 Å². The van der Waals surface area contributed by atoms with Gasteiger partial charge in [0.25, 0.3) is 5.56 Å². The van der Waals surface area contributed by atoms with Crippen molar-refractivity contribution in [1.82, 2.24) is 60.2 Å². The van der Waals surface area contributed by atoms with Gasteiger partial charge in [-0.15, -0.1) is 0 Å². The maximum absolute atomic E-state index is 16.8. The summed E-state index contributed by atoms with van der Waals surface area (Å²) in [6, 6.07) is 17.0. The average Bonchev–Trinajstić information content (AvgIpc) is 1.14. The van der Waals surface area contributed by atoms with Crippen LogP contribution in [0.25, 0.3) is 22.2 Å². The molecule has 11 rings (SSSR count). The van der Waals surface area contributed by atoms with Gasteiger partial charge in [-0.1, -0.05) is 80.4 Å². The zero-order chi connectivity index (χ0) is 90.7. The molecule has 2 unspecified atom stereocenters. The number of anilines is 3. The molecule has 8 heterocycles. The number of ether oxygens (including phenoxy) is 10. The van der Waals surface area contributed by atoms with Gasteiger partial charge in [-0.05, 0) is 72.5 Å². The highest BCUT2D eigenvalue weighted by Crippen LogP contribution is 2.59. The number of nitrogens with one attached hydrogen (secondary N) is 7. The second kappa shape index (κ2) is 47.5. The standard InChI is InChI=1S/C80H101F2N15O26P2S2/c1-48(2)66(92-62(100)39-56(75(104)83-24-26-111-29-30-113-33-34-115-37-38-116-36-35-114-32-31-112-28-27-110-5)91-61(99)22-23-63(101)95-40-53-13-7-6-11-51(53)18-19-52-12-8-9-14-57(52)95)77(106)89-49(3)74(103)90-54-20-16-50(17-21-54)42-117-80(107)94(4)25-10-15-60(98)93-71-67-73(86-45-84-71)97(47-88-67)78-65(82)69-59(121-78)44-119-125(109,127)123-70-68(102)58(43-118-124(108,126)122-69)120-79(70)96-41-55(81)64-72(96)85-46-87-76(64)105/h6-9,11-14,16-17,20-21,41,45-49,56,58-59,65-66,68-70,78-79,102H,10,15,22-40,42-44H2,1-5H3,(H,83,104)(H,89,106)(H,90,103)(H,91,99)(H,92,100)(H,108,126)(H,109,127)(H,85,87,105)(H,84,86,93,98)/t49-,56-,58+,59+,65+,66-,68+,69+,70+,78+,79+,124?,125?/m0/s1. The lowest BCUT2D eigenvalue weighted by Crippen LogP contribution is -2.55. The number of rotatable bonds is 43. The first kappa shape index (κ1) is 97.8. The lowest BCUT2D eigenvalue weighted by molar-refractivity contribution is -0.134. The van der Waals surface area contributed by atoms with Gasteiger partial charge in [-0.25, -0.2) is 38.1 Å². The number of carbonyl (C=O) groups excluding carboxylic acids is 8. The quantitative estimate of drug-likeness (QED) is 0.0110. The monoisotopic (exact) mass is 1850 g/mol. The lowest BCUT2D eigenvalue weighted by Gasteiger charge is -2.27. The molecule has 0 saturated carbocycles. The number of methoxy groups -OCH3 is 1. The van der Waals surface area contributed by atoms with E-state index in [0.717, 1.165) is 45.4 Å². The van der Waals surface area contributed by atoms with Crippen LogP contribution in [0.3, 0.4) is 0 Å². The van der Waals surface area contributed by atoms with E-state index in [1.807, 2.05) is 30.3 Å². The number of halogens is 2. The molecule has 2 bridgehead atoms. The molecule has 13 atom stereocenters. The Morgan fingerprint density at radius 3 is 2.05 bits per heavy atom. The highest BCUT2D eigenvalue weighted by atomic mass is 32.7. The molecule has 127 heavy (non-hydrogen) atoms. The van der Waals surface area contributed by atoms with Gasteiger partial charge < -0.3 is 113 Å². The van der Waals surface area contributed by atoms with Crippen LogP contribution in [-0.2, 0) is 129 Å². The van der Waals surface area contributed by atoms with E-state index in [-0.39, 0.29) is 94.4 Å². The number of nitrogens with zero attached hydrogens (tertiary/aromatic N) is 8. The molecule has 0 aliphatic carbocycles. The summed E-state index contributed by atoms with van der Waals surface area (Å²) in [5.41, 5.74) is 2.42. The number of thiol groups is 1. The molecule has 0 radical (unpaired) electrons. The highest BCUT2D eigenvalue weighted by molar-refractivity contribution is 8.44.